The number of carbonyl (C=O) groups is 1. The van der Waals surface area contributed by atoms with Crippen molar-refractivity contribution in [3.8, 4) is 34.3 Å². The monoisotopic (exact) mass is 537 g/mol. The molecule has 4 rings (SSSR count). The number of benzene rings is 3. The zero-order chi connectivity index (χ0) is 26.2. The molecule has 0 aliphatic carbocycles. The first-order valence-corrected chi connectivity index (χ1v) is 12.4. The quantitative estimate of drug-likeness (QED) is 0.175. The summed E-state index contributed by atoms with van der Waals surface area (Å²) in [6, 6.07) is 20.1. The van der Waals surface area contributed by atoms with Crippen LogP contribution in [0, 0.1) is 0 Å². The average molecular weight is 538 g/mol. The molecule has 0 fully saturated rings. The van der Waals surface area contributed by atoms with Crippen LogP contribution < -0.4 is 19.6 Å². The van der Waals surface area contributed by atoms with Crippen molar-refractivity contribution in [3.05, 3.63) is 77.3 Å². The number of thioether (sulfide) groups is 1. The van der Waals surface area contributed by atoms with E-state index in [1.165, 1.54) is 18.0 Å². The fourth-order valence-electron chi connectivity index (χ4n) is 3.39. The number of hydrogen-bond acceptors (Lipinski definition) is 8. The predicted molar refractivity (Wildman–Crippen MR) is 144 cm³/mol. The lowest BCUT2D eigenvalue weighted by atomic mass is 10.2. The summed E-state index contributed by atoms with van der Waals surface area (Å²) in [4.78, 5) is 12.5. The van der Waals surface area contributed by atoms with Crippen LogP contribution >= 0.6 is 23.4 Å². The summed E-state index contributed by atoms with van der Waals surface area (Å²) in [5, 5.41) is 13.9. The van der Waals surface area contributed by atoms with Gasteiger partial charge in [-0.05, 0) is 66.7 Å². The van der Waals surface area contributed by atoms with E-state index in [1.54, 1.807) is 51.7 Å². The van der Waals surface area contributed by atoms with Crippen LogP contribution in [-0.4, -0.2) is 54.0 Å². The van der Waals surface area contributed by atoms with Crippen LogP contribution in [0.4, 0.5) is 0 Å². The summed E-state index contributed by atoms with van der Waals surface area (Å²) in [7, 11) is 4.75. The van der Waals surface area contributed by atoms with Crippen molar-refractivity contribution in [1.29, 1.82) is 0 Å². The zero-order valence-electron chi connectivity index (χ0n) is 20.3. The van der Waals surface area contributed by atoms with Gasteiger partial charge in [-0.15, -0.1) is 10.2 Å². The van der Waals surface area contributed by atoms with E-state index in [0.717, 1.165) is 17.0 Å². The number of methoxy groups -OCH3 is 3. The van der Waals surface area contributed by atoms with E-state index >= 15 is 0 Å². The molecule has 0 saturated heterocycles. The van der Waals surface area contributed by atoms with E-state index in [0.29, 0.717) is 33.1 Å². The van der Waals surface area contributed by atoms with Crippen LogP contribution in [0.2, 0.25) is 5.02 Å². The van der Waals surface area contributed by atoms with Crippen LogP contribution in [-0.2, 0) is 4.79 Å². The highest BCUT2D eigenvalue weighted by atomic mass is 35.5. The first kappa shape index (κ1) is 26.1. The Hall–Kier alpha value is -4.02. The highest BCUT2D eigenvalue weighted by molar-refractivity contribution is 7.99. The Bertz CT molecular complexity index is 1390. The fourth-order valence-corrected chi connectivity index (χ4v) is 4.26. The van der Waals surface area contributed by atoms with E-state index in [4.69, 9.17) is 25.8 Å². The van der Waals surface area contributed by atoms with Crippen molar-refractivity contribution in [3.63, 3.8) is 0 Å². The Morgan fingerprint density at radius 1 is 0.973 bits per heavy atom. The standard InChI is InChI=1S/C26H24ClN5O4S/c1-34-21-10-4-17(5-11-21)25-30-31-26(32(25)20-8-6-19(27)7-9-20)37-16-24(33)29-28-15-18-14-22(35-2)12-13-23(18)36-3/h4-15H,16H2,1-3H3,(H,29,33)/b28-15-. The summed E-state index contributed by atoms with van der Waals surface area (Å²) in [6.07, 6.45) is 1.50. The topological polar surface area (TPSA) is 99.9 Å². The molecule has 3 aromatic carbocycles. The molecule has 1 heterocycles. The van der Waals surface area contributed by atoms with Gasteiger partial charge >= 0.3 is 0 Å². The SMILES string of the molecule is COc1ccc(-c2nnc(SCC(=O)N/N=C\c3cc(OC)ccc3OC)n2-c2ccc(Cl)cc2)cc1. The zero-order valence-corrected chi connectivity index (χ0v) is 21.9. The minimum atomic E-state index is -0.306. The maximum Gasteiger partial charge on any atom is 0.250 e. The third-order valence-electron chi connectivity index (χ3n) is 5.23. The minimum absolute atomic E-state index is 0.0704. The number of halogens is 1. The van der Waals surface area contributed by atoms with Crippen molar-refractivity contribution < 1.29 is 19.0 Å². The number of rotatable bonds is 10. The number of nitrogens with one attached hydrogen (secondary N) is 1. The predicted octanol–water partition coefficient (Wildman–Crippen LogP) is 4.86. The highest BCUT2D eigenvalue weighted by Gasteiger charge is 2.17. The largest absolute Gasteiger partial charge is 0.497 e. The van der Waals surface area contributed by atoms with E-state index < -0.39 is 0 Å². The third-order valence-corrected chi connectivity index (χ3v) is 6.41. The van der Waals surface area contributed by atoms with E-state index in [-0.39, 0.29) is 11.7 Å². The number of carbonyl (C=O) groups excluding carboxylic acids is 1. The Balaban J connectivity index is 1.51. The Morgan fingerprint density at radius 2 is 1.68 bits per heavy atom. The van der Waals surface area contributed by atoms with Crippen molar-refractivity contribution in [2.24, 2.45) is 5.10 Å². The molecule has 190 valence electrons. The highest BCUT2D eigenvalue weighted by Crippen LogP contribution is 2.29. The van der Waals surface area contributed by atoms with Crippen LogP contribution in [0.1, 0.15) is 5.56 Å². The molecule has 4 aromatic rings. The molecular weight excluding hydrogens is 514 g/mol. The van der Waals surface area contributed by atoms with Crippen LogP contribution in [0.3, 0.4) is 0 Å². The molecule has 0 bridgehead atoms. The fraction of sp³-hybridized carbons (Fsp3) is 0.154. The van der Waals surface area contributed by atoms with Gasteiger partial charge < -0.3 is 14.2 Å². The first-order valence-electron chi connectivity index (χ1n) is 11.0. The number of hydrogen-bond donors (Lipinski definition) is 1. The van der Waals surface area contributed by atoms with E-state index in [9.17, 15) is 4.79 Å². The van der Waals surface area contributed by atoms with Gasteiger partial charge in [0.25, 0.3) is 5.91 Å². The smallest absolute Gasteiger partial charge is 0.250 e. The maximum absolute atomic E-state index is 12.5. The molecule has 0 atom stereocenters. The lowest BCUT2D eigenvalue weighted by Gasteiger charge is -2.11. The molecular formula is C26H24ClN5O4S. The second-order valence-corrected chi connectivity index (χ2v) is 8.92. The number of hydrazone groups is 1. The second kappa shape index (κ2) is 12.3. The van der Waals surface area contributed by atoms with E-state index in [1.807, 2.05) is 41.0 Å². The van der Waals surface area contributed by atoms with Gasteiger partial charge in [0, 0.05) is 21.8 Å². The Labute approximate surface area is 223 Å². The van der Waals surface area contributed by atoms with Crippen LogP contribution in [0.25, 0.3) is 17.1 Å². The average Bonchev–Trinajstić information content (AvgIpc) is 3.36. The van der Waals surface area contributed by atoms with Crippen molar-refractivity contribution in [2.75, 3.05) is 27.1 Å². The number of ether oxygens (including phenoxy) is 3. The number of nitrogens with zero attached hydrogens (tertiary/aromatic N) is 4. The van der Waals surface area contributed by atoms with Gasteiger partial charge in [-0.25, -0.2) is 5.43 Å². The lowest BCUT2D eigenvalue weighted by Crippen LogP contribution is -2.20. The van der Waals surface area contributed by atoms with Gasteiger partial charge in [-0.2, -0.15) is 5.10 Å². The third kappa shape index (κ3) is 6.41. The van der Waals surface area contributed by atoms with Crippen LogP contribution in [0.15, 0.2) is 77.0 Å². The van der Waals surface area contributed by atoms with Crippen molar-refractivity contribution >= 4 is 35.5 Å². The van der Waals surface area contributed by atoms with Gasteiger partial charge in [0.05, 0.1) is 33.3 Å². The molecule has 0 unspecified atom stereocenters. The molecule has 11 heteroatoms. The summed E-state index contributed by atoms with van der Waals surface area (Å²) in [5.74, 6) is 2.38. The second-order valence-electron chi connectivity index (χ2n) is 7.54. The summed E-state index contributed by atoms with van der Waals surface area (Å²) < 4.78 is 17.7. The van der Waals surface area contributed by atoms with Gasteiger partial charge in [0.15, 0.2) is 11.0 Å². The van der Waals surface area contributed by atoms with Gasteiger partial charge in [0.2, 0.25) is 0 Å². The molecule has 1 N–H and O–H groups in total. The molecule has 1 amide bonds. The van der Waals surface area contributed by atoms with Gasteiger partial charge in [0.1, 0.15) is 17.2 Å². The van der Waals surface area contributed by atoms with Crippen LogP contribution in [0.5, 0.6) is 17.2 Å². The van der Waals surface area contributed by atoms with Crippen molar-refractivity contribution in [2.45, 2.75) is 5.16 Å². The summed E-state index contributed by atoms with van der Waals surface area (Å²) in [6.45, 7) is 0. The van der Waals surface area contributed by atoms with Gasteiger partial charge in [-0.3, -0.25) is 9.36 Å². The summed E-state index contributed by atoms with van der Waals surface area (Å²) >= 11 is 7.33. The number of aromatic nitrogens is 3. The molecule has 37 heavy (non-hydrogen) atoms. The van der Waals surface area contributed by atoms with Gasteiger partial charge in [-0.1, -0.05) is 23.4 Å². The molecule has 0 saturated carbocycles. The first-order chi connectivity index (χ1) is 18.0. The van der Waals surface area contributed by atoms with Crippen molar-refractivity contribution in [1.82, 2.24) is 20.2 Å². The lowest BCUT2D eigenvalue weighted by molar-refractivity contribution is -0.118. The Morgan fingerprint density at radius 3 is 2.35 bits per heavy atom. The molecule has 9 nitrogen and oxygen atoms in total. The Kier molecular flexibility index (Phi) is 8.65. The molecule has 0 spiro atoms. The normalized spacial score (nSPS) is 10.9. The number of amides is 1. The molecule has 0 radical (unpaired) electrons. The molecule has 1 aromatic heterocycles. The summed E-state index contributed by atoms with van der Waals surface area (Å²) in [5.41, 5.74) is 4.86. The maximum atomic E-state index is 12.5. The molecule has 0 aliphatic rings. The molecule has 0 aliphatic heterocycles. The van der Waals surface area contributed by atoms with E-state index in [2.05, 4.69) is 20.7 Å². The minimum Gasteiger partial charge on any atom is -0.497 e.